The van der Waals surface area contributed by atoms with Gasteiger partial charge in [-0.25, -0.2) is 9.59 Å². The Bertz CT molecular complexity index is 833. The predicted molar refractivity (Wildman–Crippen MR) is 88.4 cm³/mol. The fourth-order valence-corrected chi connectivity index (χ4v) is 2.76. The van der Waals surface area contributed by atoms with Gasteiger partial charge >= 0.3 is 11.9 Å². The molecule has 11 heteroatoms. The van der Waals surface area contributed by atoms with Gasteiger partial charge in [-0.2, -0.15) is 0 Å². The van der Waals surface area contributed by atoms with Crippen LogP contribution in [-0.4, -0.2) is 57.6 Å². The van der Waals surface area contributed by atoms with Gasteiger partial charge in [0.05, 0.1) is 37.4 Å². The molecular formula is C16H16N2O9. The van der Waals surface area contributed by atoms with Crippen LogP contribution in [-0.2, 0) is 23.8 Å². The van der Waals surface area contributed by atoms with Crippen molar-refractivity contribution in [3.8, 4) is 11.5 Å². The van der Waals surface area contributed by atoms with E-state index < -0.39 is 16.9 Å². The third kappa shape index (κ3) is 3.36. The summed E-state index contributed by atoms with van der Waals surface area (Å²) in [6.45, 7) is 0.112. The molecule has 27 heavy (non-hydrogen) atoms. The normalized spacial score (nSPS) is 16.0. The zero-order valence-corrected chi connectivity index (χ0v) is 14.6. The molecular weight excluding hydrogens is 364 g/mol. The van der Waals surface area contributed by atoms with Crippen LogP contribution in [0.1, 0.15) is 0 Å². The minimum absolute atomic E-state index is 0.00856. The number of nitro groups is 1. The Morgan fingerprint density at radius 3 is 2.33 bits per heavy atom. The molecule has 144 valence electrons. The van der Waals surface area contributed by atoms with E-state index in [2.05, 4.69) is 4.74 Å². The number of carbonyl (C=O) groups excluding carboxylic acids is 2. The first-order valence-electron chi connectivity index (χ1n) is 7.81. The summed E-state index contributed by atoms with van der Waals surface area (Å²) in [5.41, 5.74) is -0.670. The molecule has 11 nitrogen and oxygen atoms in total. The van der Waals surface area contributed by atoms with Crippen molar-refractivity contribution in [2.75, 3.05) is 45.7 Å². The Hall–Kier alpha value is -3.34. The highest BCUT2D eigenvalue weighted by Gasteiger charge is 2.36. The van der Waals surface area contributed by atoms with E-state index in [0.29, 0.717) is 0 Å². The van der Waals surface area contributed by atoms with Crippen molar-refractivity contribution in [3.63, 3.8) is 0 Å². The van der Waals surface area contributed by atoms with E-state index in [1.807, 2.05) is 0 Å². The number of rotatable bonds is 4. The lowest BCUT2D eigenvalue weighted by atomic mass is 10.1. The van der Waals surface area contributed by atoms with Gasteiger partial charge in [-0.1, -0.05) is 0 Å². The molecule has 3 rings (SSSR count). The highest BCUT2D eigenvalue weighted by atomic mass is 16.6. The second-order valence-corrected chi connectivity index (χ2v) is 5.46. The Morgan fingerprint density at radius 1 is 1.11 bits per heavy atom. The lowest BCUT2D eigenvalue weighted by Gasteiger charge is -2.31. The number of nitrogens with zero attached hydrogens (tertiary/aromatic N) is 2. The molecule has 1 aromatic rings. The second kappa shape index (κ2) is 7.50. The smallest absolute Gasteiger partial charge is 0.355 e. The minimum atomic E-state index is -0.858. The van der Waals surface area contributed by atoms with Crippen molar-refractivity contribution in [1.82, 2.24) is 0 Å². The van der Waals surface area contributed by atoms with Crippen LogP contribution in [0.5, 0.6) is 11.5 Å². The van der Waals surface area contributed by atoms with Crippen molar-refractivity contribution in [3.05, 3.63) is 33.5 Å². The molecule has 0 saturated carbocycles. The van der Waals surface area contributed by atoms with Crippen molar-refractivity contribution < 1.29 is 38.2 Å². The van der Waals surface area contributed by atoms with Crippen LogP contribution < -0.4 is 14.4 Å². The molecule has 0 N–H and O–H groups in total. The zero-order chi connectivity index (χ0) is 19.6. The third-order valence-corrected chi connectivity index (χ3v) is 3.96. The third-order valence-electron chi connectivity index (χ3n) is 3.96. The van der Waals surface area contributed by atoms with Gasteiger partial charge in [0.25, 0.3) is 5.69 Å². The summed E-state index contributed by atoms with van der Waals surface area (Å²) < 4.78 is 25.6. The van der Waals surface area contributed by atoms with Gasteiger partial charge < -0.3 is 28.6 Å². The molecule has 0 aromatic heterocycles. The number of benzene rings is 1. The van der Waals surface area contributed by atoms with E-state index in [1.165, 1.54) is 17.0 Å². The summed E-state index contributed by atoms with van der Waals surface area (Å²) in [7, 11) is 2.28. The van der Waals surface area contributed by atoms with Gasteiger partial charge in [-0.05, 0) is 0 Å². The highest BCUT2D eigenvalue weighted by molar-refractivity contribution is 6.04. The topological polar surface area (TPSA) is 127 Å². The van der Waals surface area contributed by atoms with Crippen LogP contribution in [0.3, 0.4) is 0 Å². The van der Waals surface area contributed by atoms with Crippen LogP contribution in [0.2, 0.25) is 0 Å². The van der Waals surface area contributed by atoms with E-state index in [4.69, 9.17) is 18.9 Å². The zero-order valence-electron chi connectivity index (χ0n) is 14.6. The number of methoxy groups -OCH3 is 2. The van der Waals surface area contributed by atoms with Crippen molar-refractivity contribution in [2.24, 2.45) is 0 Å². The van der Waals surface area contributed by atoms with E-state index in [9.17, 15) is 19.7 Å². The molecule has 0 saturated heterocycles. The van der Waals surface area contributed by atoms with E-state index in [1.54, 1.807) is 0 Å². The van der Waals surface area contributed by atoms with Crippen molar-refractivity contribution in [2.45, 2.75) is 0 Å². The number of ether oxygens (including phenoxy) is 5. The van der Waals surface area contributed by atoms with E-state index >= 15 is 0 Å². The maximum atomic E-state index is 12.3. The summed E-state index contributed by atoms with van der Waals surface area (Å²) in [6.07, 6.45) is 0. The second-order valence-electron chi connectivity index (χ2n) is 5.46. The van der Waals surface area contributed by atoms with Crippen LogP contribution in [0, 0.1) is 10.1 Å². The Balaban J connectivity index is 2.19. The largest absolute Gasteiger partial charge is 0.486 e. The van der Waals surface area contributed by atoms with Crippen LogP contribution >= 0.6 is 0 Å². The molecule has 0 fully saturated rings. The quantitative estimate of drug-likeness (QED) is 0.419. The summed E-state index contributed by atoms with van der Waals surface area (Å²) >= 11 is 0. The molecule has 2 aliphatic heterocycles. The highest BCUT2D eigenvalue weighted by Crippen LogP contribution is 2.43. The number of esters is 2. The van der Waals surface area contributed by atoms with Crippen molar-refractivity contribution in [1.29, 1.82) is 0 Å². The maximum absolute atomic E-state index is 12.3. The number of carbonyl (C=O) groups is 2. The average molecular weight is 380 g/mol. The standard InChI is InChI=1S/C16H16N2O9/c1-23-15(19)9-7-25-8-17(14(9)16(20)24-2)10-5-12-13(27-4-3-26-12)6-11(10)18(21)22/h5-6H,3-4,7-8H2,1-2H3. The Labute approximate surface area is 153 Å². The van der Waals surface area contributed by atoms with Gasteiger partial charge in [0.2, 0.25) is 0 Å². The molecule has 1 aromatic carbocycles. The van der Waals surface area contributed by atoms with E-state index in [-0.39, 0.29) is 60.7 Å². The molecule has 0 unspecified atom stereocenters. The molecule has 2 heterocycles. The van der Waals surface area contributed by atoms with E-state index in [0.717, 1.165) is 14.2 Å². The first kappa shape index (κ1) is 18.5. The lowest BCUT2D eigenvalue weighted by molar-refractivity contribution is -0.384. The van der Waals surface area contributed by atoms with Crippen molar-refractivity contribution >= 4 is 23.3 Å². The lowest BCUT2D eigenvalue weighted by Crippen LogP contribution is -2.39. The minimum Gasteiger partial charge on any atom is -0.486 e. The van der Waals surface area contributed by atoms with Gasteiger partial charge in [0.1, 0.15) is 31.3 Å². The number of anilines is 1. The predicted octanol–water partition coefficient (Wildman–Crippen LogP) is 0.760. The van der Waals surface area contributed by atoms with Crippen LogP contribution in [0.4, 0.5) is 11.4 Å². The summed E-state index contributed by atoms with van der Waals surface area (Å²) in [6, 6.07) is 2.56. The maximum Gasteiger partial charge on any atom is 0.355 e. The molecule has 0 atom stereocenters. The Morgan fingerprint density at radius 2 is 1.74 bits per heavy atom. The molecule has 0 bridgehead atoms. The van der Waals surface area contributed by atoms with Crippen LogP contribution in [0.15, 0.2) is 23.4 Å². The average Bonchev–Trinajstić information content (AvgIpc) is 2.70. The molecule has 0 aliphatic carbocycles. The number of nitro benzene ring substituents is 1. The van der Waals surface area contributed by atoms with Gasteiger partial charge in [0.15, 0.2) is 11.5 Å². The first-order valence-corrected chi connectivity index (χ1v) is 7.81. The first-order chi connectivity index (χ1) is 13.0. The molecule has 0 radical (unpaired) electrons. The fraction of sp³-hybridized carbons (Fsp3) is 0.375. The fourth-order valence-electron chi connectivity index (χ4n) is 2.76. The summed E-state index contributed by atoms with van der Waals surface area (Å²) in [5.74, 6) is -1.18. The van der Waals surface area contributed by atoms with Gasteiger partial charge in [0, 0.05) is 6.07 Å². The van der Waals surface area contributed by atoms with Crippen LogP contribution in [0.25, 0.3) is 0 Å². The molecule has 0 spiro atoms. The number of fused-ring (bicyclic) bond motifs is 1. The number of hydrogen-bond acceptors (Lipinski definition) is 10. The monoisotopic (exact) mass is 380 g/mol. The van der Waals surface area contributed by atoms with Gasteiger partial charge in [-0.15, -0.1) is 0 Å². The van der Waals surface area contributed by atoms with Gasteiger partial charge in [-0.3, -0.25) is 10.1 Å². The molecule has 2 aliphatic rings. The number of hydrogen-bond donors (Lipinski definition) is 0. The summed E-state index contributed by atoms with van der Waals surface area (Å²) in [4.78, 5) is 36.5. The summed E-state index contributed by atoms with van der Waals surface area (Å²) in [5, 5.41) is 11.6. The Kier molecular flexibility index (Phi) is 5.12. The SMILES string of the molecule is COC(=O)C1=C(C(=O)OC)N(c2cc3c(cc2[N+](=O)[O-])OCCO3)COC1. The molecule has 0 amide bonds.